The van der Waals surface area contributed by atoms with E-state index in [2.05, 4.69) is 4.90 Å². The zero-order valence-electron chi connectivity index (χ0n) is 10.3. The van der Waals surface area contributed by atoms with Gasteiger partial charge >= 0.3 is 0 Å². The van der Waals surface area contributed by atoms with E-state index in [4.69, 9.17) is 0 Å². The summed E-state index contributed by atoms with van der Waals surface area (Å²) in [6.45, 7) is 1.73. The topological polar surface area (TPSA) is 23.6 Å². The number of hydrogen-bond donors (Lipinski definition) is 0. The molecule has 17 heavy (non-hydrogen) atoms. The van der Waals surface area contributed by atoms with Crippen LogP contribution in [0.1, 0.15) is 5.56 Å². The maximum absolute atomic E-state index is 12.0. The number of carbonyl (C=O) groups is 1. The minimum absolute atomic E-state index is 0.131. The van der Waals surface area contributed by atoms with Crippen LogP contribution in [0.15, 0.2) is 36.4 Å². The van der Waals surface area contributed by atoms with Crippen LogP contribution >= 0.6 is 0 Å². The van der Waals surface area contributed by atoms with Gasteiger partial charge in [-0.25, -0.2) is 0 Å². The second kappa shape index (κ2) is 5.15. The number of benzene rings is 1. The molecule has 1 aromatic carbocycles. The normalized spacial score (nSPS) is 22.4. The first-order valence-corrected chi connectivity index (χ1v) is 5.87. The smallest absolute Gasteiger partial charge is 0.243 e. The molecule has 0 bridgehead atoms. The molecule has 90 valence electrons. The lowest BCUT2D eigenvalue weighted by atomic mass is 10.1. The van der Waals surface area contributed by atoms with Crippen molar-refractivity contribution in [1.29, 1.82) is 0 Å². The molecule has 0 aromatic heterocycles. The summed E-state index contributed by atoms with van der Waals surface area (Å²) in [6.07, 6.45) is 3.99. The van der Waals surface area contributed by atoms with Crippen LogP contribution in [0.25, 0.3) is 6.08 Å². The van der Waals surface area contributed by atoms with Gasteiger partial charge in [-0.2, -0.15) is 0 Å². The second-order valence-corrected chi connectivity index (χ2v) is 4.46. The molecule has 0 spiro atoms. The fraction of sp³-hybridized carbons (Fsp3) is 0.357. The first-order valence-electron chi connectivity index (χ1n) is 5.87. The average molecular weight is 230 g/mol. The molecular weight excluding hydrogens is 212 g/mol. The number of piperazine rings is 1. The lowest BCUT2D eigenvalue weighted by Crippen LogP contribution is -2.53. The molecule has 1 aromatic rings. The summed E-state index contributed by atoms with van der Waals surface area (Å²) in [7, 11) is 3.85. The fourth-order valence-corrected chi connectivity index (χ4v) is 1.97. The molecule has 3 nitrogen and oxygen atoms in total. The Morgan fingerprint density at radius 3 is 2.59 bits per heavy atom. The highest BCUT2D eigenvalue weighted by atomic mass is 16.2. The van der Waals surface area contributed by atoms with Gasteiger partial charge in [0.1, 0.15) is 6.04 Å². The van der Waals surface area contributed by atoms with Crippen molar-refractivity contribution in [1.82, 2.24) is 9.80 Å². The predicted molar refractivity (Wildman–Crippen MR) is 69.5 cm³/mol. The van der Waals surface area contributed by atoms with E-state index in [0.29, 0.717) is 0 Å². The van der Waals surface area contributed by atoms with Crippen LogP contribution in [-0.2, 0) is 4.79 Å². The zero-order chi connectivity index (χ0) is 12.3. The second-order valence-electron chi connectivity index (χ2n) is 4.46. The third-order valence-electron chi connectivity index (χ3n) is 3.16. The minimum Gasteiger partial charge on any atom is -0.343 e. The van der Waals surface area contributed by atoms with Crippen molar-refractivity contribution in [2.75, 3.05) is 27.2 Å². The van der Waals surface area contributed by atoms with Gasteiger partial charge < -0.3 is 4.90 Å². The van der Waals surface area contributed by atoms with Crippen molar-refractivity contribution in [3.63, 3.8) is 0 Å². The molecule has 3 heteroatoms. The van der Waals surface area contributed by atoms with E-state index >= 15 is 0 Å². The Morgan fingerprint density at radius 2 is 1.88 bits per heavy atom. The average Bonchev–Trinajstić information content (AvgIpc) is 2.35. The molecule has 0 saturated carbocycles. The fourth-order valence-electron chi connectivity index (χ4n) is 1.97. The van der Waals surface area contributed by atoms with E-state index in [9.17, 15) is 4.79 Å². The molecule has 0 N–H and O–H groups in total. The zero-order valence-corrected chi connectivity index (χ0v) is 10.3. The van der Waals surface area contributed by atoms with Crippen molar-refractivity contribution in [2.45, 2.75) is 6.04 Å². The van der Waals surface area contributed by atoms with Crippen LogP contribution in [0.4, 0.5) is 0 Å². The van der Waals surface area contributed by atoms with Crippen LogP contribution in [0.5, 0.6) is 0 Å². The number of likely N-dealkylation sites (N-methyl/N-ethyl adjacent to an activating group) is 2. The van der Waals surface area contributed by atoms with Crippen molar-refractivity contribution in [3.05, 3.63) is 42.0 Å². The van der Waals surface area contributed by atoms with E-state index in [1.54, 1.807) is 4.90 Å². The Hall–Kier alpha value is -1.61. The summed E-state index contributed by atoms with van der Waals surface area (Å²) in [5.74, 6) is 0.172. The highest BCUT2D eigenvalue weighted by molar-refractivity contribution is 5.85. The van der Waals surface area contributed by atoms with Crippen molar-refractivity contribution >= 4 is 12.0 Å². The van der Waals surface area contributed by atoms with E-state index in [1.807, 2.05) is 56.6 Å². The quantitative estimate of drug-likeness (QED) is 0.768. The Labute approximate surface area is 102 Å². The van der Waals surface area contributed by atoms with Gasteiger partial charge in [0.15, 0.2) is 0 Å². The van der Waals surface area contributed by atoms with E-state index in [1.165, 1.54) is 0 Å². The van der Waals surface area contributed by atoms with Gasteiger partial charge in [0, 0.05) is 20.1 Å². The van der Waals surface area contributed by atoms with Gasteiger partial charge in [0.25, 0.3) is 0 Å². The molecule has 1 atom stereocenters. The summed E-state index contributed by atoms with van der Waals surface area (Å²) in [4.78, 5) is 15.9. The Bertz CT molecular complexity index is 413. The number of hydrogen-bond acceptors (Lipinski definition) is 2. The highest BCUT2D eigenvalue weighted by Crippen LogP contribution is 2.11. The maximum Gasteiger partial charge on any atom is 0.243 e. The van der Waals surface area contributed by atoms with Crippen molar-refractivity contribution in [2.24, 2.45) is 0 Å². The number of rotatable bonds is 2. The Balaban J connectivity index is 2.11. The van der Waals surface area contributed by atoms with Gasteiger partial charge in [-0.3, -0.25) is 9.69 Å². The van der Waals surface area contributed by atoms with Gasteiger partial charge in [0.2, 0.25) is 5.91 Å². The molecule has 1 amide bonds. The summed E-state index contributed by atoms with van der Waals surface area (Å²) < 4.78 is 0. The lowest BCUT2D eigenvalue weighted by Gasteiger charge is -2.35. The van der Waals surface area contributed by atoms with Gasteiger partial charge in [-0.1, -0.05) is 42.5 Å². The molecule has 1 fully saturated rings. The Morgan fingerprint density at radius 1 is 1.18 bits per heavy atom. The molecule has 0 radical (unpaired) electrons. The molecular formula is C14H18N2O. The monoisotopic (exact) mass is 230 g/mol. The van der Waals surface area contributed by atoms with E-state index in [0.717, 1.165) is 18.7 Å². The highest BCUT2D eigenvalue weighted by Gasteiger charge is 2.28. The molecule has 1 aliphatic heterocycles. The third-order valence-corrected chi connectivity index (χ3v) is 3.16. The van der Waals surface area contributed by atoms with Crippen LogP contribution in [0, 0.1) is 0 Å². The first-order chi connectivity index (χ1) is 8.18. The third kappa shape index (κ3) is 2.74. The summed E-state index contributed by atoms with van der Waals surface area (Å²) in [5.41, 5.74) is 1.13. The lowest BCUT2D eigenvalue weighted by molar-refractivity contribution is -0.137. The SMILES string of the molecule is CN1CCN(C)C(/C=C/c2ccccc2)C1=O. The number of carbonyl (C=O) groups excluding carboxylic acids is 1. The molecule has 2 rings (SSSR count). The van der Waals surface area contributed by atoms with Gasteiger partial charge in [0.05, 0.1) is 0 Å². The van der Waals surface area contributed by atoms with E-state index in [-0.39, 0.29) is 11.9 Å². The Kier molecular flexibility index (Phi) is 3.59. The molecule has 1 heterocycles. The maximum atomic E-state index is 12.0. The largest absolute Gasteiger partial charge is 0.343 e. The van der Waals surface area contributed by atoms with E-state index < -0.39 is 0 Å². The van der Waals surface area contributed by atoms with Crippen LogP contribution < -0.4 is 0 Å². The minimum atomic E-state index is -0.131. The predicted octanol–water partition coefficient (Wildman–Crippen LogP) is 1.47. The van der Waals surface area contributed by atoms with Crippen LogP contribution in [-0.4, -0.2) is 48.9 Å². The molecule has 0 aliphatic carbocycles. The van der Waals surface area contributed by atoms with Gasteiger partial charge in [-0.05, 0) is 12.6 Å². The van der Waals surface area contributed by atoms with Crippen molar-refractivity contribution < 1.29 is 4.79 Å². The molecule has 1 unspecified atom stereocenters. The van der Waals surface area contributed by atoms with Crippen LogP contribution in [0.2, 0.25) is 0 Å². The summed E-state index contributed by atoms with van der Waals surface area (Å²) >= 11 is 0. The number of nitrogens with zero attached hydrogens (tertiary/aromatic N) is 2. The summed E-state index contributed by atoms with van der Waals surface area (Å²) in [5, 5.41) is 0. The molecule has 1 aliphatic rings. The number of amides is 1. The standard InChI is InChI=1S/C14H18N2O/c1-15-10-11-16(2)14(17)13(15)9-8-12-6-4-3-5-7-12/h3-9,13H,10-11H2,1-2H3/b9-8+. The molecule has 1 saturated heterocycles. The van der Waals surface area contributed by atoms with Crippen molar-refractivity contribution in [3.8, 4) is 0 Å². The summed E-state index contributed by atoms with van der Waals surface area (Å²) in [6, 6.07) is 9.93. The first kappa shape index (κ1) is 11.9. The van der Waals surface area contributed by atoms with Gasteiger partial charge in [-0.15, -0.1) is 0 Å². The van der Waals surface area contributed by atoms with Crippen LogP contribution in [0.3, 0.4) is 0 Å².